The molecule has 2 rings (SSSR count). The highest BCUT2D eigenvalue weighted by atomic mass is 32.1. The minimum absolute atomic E-state index is 0.0200. The summed E-state index contributed by atoms with van der Waals surface area (Å²) in [6.45, 7) is 3.31. The van der Waals surface area contributed by atoms with Gasteiger partial charge in [0.2, 0.25) is 5.91 Å². The number of aryl methyl sites for hydroxylation is 1. The number of amides is 1. The van der Waals surface area contributed by atoms with E-state index in [-0.39, 0.29) is 19.1 Å². The van der Waals surface area contributed by atoms with Crippen molar-refractivity contribution in [1.29, 1.82) is 0 Å². The molecular weight excluding hydrogens is 284 g/mol. The molecule has 0 bridgehead atoms. The molecule has 4 nitrogen and oxygen atoms in total. The molecule has 112 valence electrons. The molecule has 0 aliphatic rings. The zero-order valence-electron chi connectivity index (χ0n) is 12.1. The Kier molecular flexibility index (Phi) is 5.78. The molecule has 1 amide bonds. The first-order chi connectivity index (χ1) is 10.2. The number of aliphatic hydroxyl groups is 1. The van der Waals surface area contributed by atoms with E-state index in [0.717, 1.165) is 5.69 Å². The van der Waals surface area contributed by atoms with Crippen LogP contribution in [0.25, 0.3) is 0 Å². The number of benzene rings is 1. The van der Waals surface area contributed by atoms with Crippen molar-refractivity contribution in [2.24, 2.45) is 0 Å². The first-order valence-electron chi connectivity index (χ1n) is 6.91. The van der Waals surface area contributed by atoms with Crippen LogP contribution in [0.5, 0.6) is 0 Å². The number of nitrogens with zero attached hydrogens (tertiary/aromatic N) is 1. The molecule has 1 aromatic carbocycles. The van der Waals surface area contributed by atoms with Crippen LogP contribution in [0.3, 0.4) is 0 Å². The van der Waals surface area contributed by atoms with Gasteiger partial charge < -0.3 is 15.3 Å². The summed E-state index contributed by atoms with van der Waals surface area (Å²) in [6, 6.07) is 11.7. The van der Waals surface area contributed by atoms with E-state index in [1.807, 2.05) is 53.6 Å². The van der Waals surface area contributed by atoms with E-state index < -0.39 is 0 Å². The van der Waals surface area contributed by atoms with Crippen molar-refractivity contribution in [1.82, 2.24) is 5.32 Å². The zero-order chi connectivity index (χ0) is 15.1. The molecule has 0 aliphatic heterocycles. The fourth-order valence-electron chi connectivity index (χ4n) is 2.05. The second kappa shape index (κ2) is 7.81. The fourth-order valence-corrected chi connectivity index (χ4v) is 2.90. The maximum absolute atomic E-state index is 12.1. The number of hydrogen-bond donors (Lipinski definition) is 2. The molecule has 5 heteroatoms. The SMILES string of the molecule is Cc1ccsc1CNC(=O)CN(CCO)c1ccccc1. The van der Waals surface area contributed by atoms with Gasteiger partial charge in [-0.15, -0.1) is 11.3 Å². The van der Waals surface area contributed by atoms with Crippen molar-refractivity contribution in [3.63, 3.8) is 0 Å². The van der Waals surface area contributed by atoms with Crippen LogP contribution in [0.1, 0.15) is 10.4 Å². The molecule has 0 atom stereocenters. The molecule has 21 heavy (non-hydrogen) atoms. The van der Waals surface area contributed by atoms with E-state index in [9.17, 15) is 4.79 Å². The van der Waals surface area contributed by atoms with Gasteiger partial charge in [0.15, 0.2) is 0 Å². The lowest BCUT2D eigenvalue weighted by Crippen LogP contribution is -2.38. The number of carbonyl (C=O) groups is 1. The smallest absolute Gasteiger partial charge is 0.239 e. The summed E-state index contributed by atoms with van der Waals surface area (Å²) in [7, 11) is 0. The van der Waals surface area contributed by atoms with Crippen LogP contribution < -0.4 is 10.2 Å². The fraction of sp³-hybridized carbons (Fsp3) is 0.312. The van der Waals surface area contributed by atoms with Crippen molar-refractivity contribution in [2.75, 3.05) is 24.6 Å². The summed E-state index contributed by atoms with van der Waals surface area (Å²) in [6.07, 6.45) is 0. The summed E-state index contributed by atoms with van der Waals surface area (Å²) in [5.41, 5.74) is 2.14. The van der Waals surface area contributed by atoms with Gasteiger partial charge in [-0.1, -0.05) is 18.2 Å². The lowest BCUT2D eigenvalue weighted by molar-refractivity contribution is -0.119. The van der Waals surface area contributed by atoms with Gasteiger partial charge in [0.1, 0.15) is 0 Å². The van der Waals surface area contributed by atoms with Crippen LogP contribution in [0.4, 0.5) is 5.69 Å². The predicted molar refractivity (Wildman–Crippen MR) is 86.6 cm³/mol. The molecule has 0 radical (unpaired) electrons. The van der Waals surface area contributed by atoms with Crippen molar-refractivity contribution in [2.45, 2.75) is 13.5 Å². The van der Waals surface area contributed by atoms with Crippen molar-refractivity contribution >= 4 is 22.9 Å². The van der Waals surface area contributed by atoms with Gasteiger partial charge in [0, 0.05) is 17.1 Å². The number of aliphatic hydroxyl groups excluding tert-OH is 1. The van der Waals surface area contributed by atoms with Crippen LogP contribution in [0, 0.1) is 6.92 Å². The number of carbonyl (C=O) groups excluding carboxylic acids is 1. The van der Waals surface area contributed by atoms with Gasteiger partial charge in [0.05, 0.1) is 19.7 Å². The molecule has 0 saturated carbocycles. The van der Waals surface area contributed by atoms with Crippen molar-refractivity contribution < 1.29 is 9.90 Å². The van der Waals surface area contributed by atoms with Crippen LogP contribution in [0.2, 0.25) is 0 Å². The summed E-state index contributed by atoms with van der Waals surface area (Å²) < 4.78 is 0. The molecule has 0 fully saturated rings. The second-order valence-corrected chi connectivity index (χ2v) is 5.78. The Morgan fingerprint density at radius 3 is 2.67 bits per heavy atom. The summed E-state index contributed by atoms with van der Waals surface area (Å²) >= 11 is 1.65. The molecule has 0 aliphatic carbocycles. The first kappa shape index (κ1) is 15.5. The van der Waals surface area contributed by atoms with E-state index in [1.165, 1.54) is 10.4 Å². The number of thiophene rings is 1. The summed E-state index contributed by atoms with van der Waals surface area (Å²) in [5, 5.41) is 14.1. The van der Waals surface area contributed by atoms with Gasteiger partial charge in [-0.2, -0.15) is 0 Å². The molecule has 0 spiro atoms. The third-order valence-electron chi connectivity index (χ3n) is 3.24. The maximum atomic E-state index is 12.1. The third-order valence-corrected chi connectivity index (χ3v) is 4.26. The quantitative estimate of drug-likeness (QED) is 0.824. The van der Waals surface area contributed by atoms with Gasteiger partial charge in [-0.05, 0) is 36.1 Å². The topological polar surface area (TPSA) is 52.6 Å². The Bertz CT molecular complexity index is 569. The first-order valence-corrected chi connectivity index (χ1v) is 7.79. The van der Waals surface area contributed by atoms with Crippen LogP contribution in [0.15, 0.2) is 41.8 Å². The summed E-state index contributed by atoms with van der Waals surface area (Å²) in [5.74, 6) is -0.0416. The number of nitrogens with one attached hydrogen (secondary N) is 1. The molecule has 0 unspecified atom stereocenters. The van der Waals surface area contributed by atoms with Crippen LogP contribution in [-0.4, -0.2) is 30.7 Å². The van der Waals surface area contributed by atoms with Gasteiger partial charge in [-0.25, -0.2) is 0 Å². The number of hydrogen-bond acceptors (Lipinski definition) is 4. The van der Waals surface area contributed by atoms with E-state index >= 15 is 0 Å². The Hall–Kier alpha value is -1.85. The Labute approximate surface area is 129 Å². The van der Waals surface area contributed by atoms with Crippen LogP contribution in [-0.2, 0) is 11.3 Å². The predicted octanol–water partition coefficient (Wildman–Crippen LogP) is 2.17. The highest BCUT2D eigenvalue weighted by molar-refractivity contribution is 7.10. The van der Waals surface area contributed by atoms with Gasteiger partial charge in [-0.3, -0.25) is 4.79 Å². The normalized spacial score (nSPS) is 10.4. The lowest BCUT2D eigenvalue weighted by Gasteiger charge is -2.23. The Balaban J connectivity index is 1.91. The van der Waals surface area contributed by atoms with Gasteiger partial charge in [0.25, 0.3) is 0 Å². The van der Waals surface area contributed by atoms with E-state index in [4.69, 9.17) is 5.11 Å². The van der Waals surface area contributed by atoms with E-state index in [2.05, 4.69) is 5.32 Å². The molecular formula is C16H20N2O2S. The number of rotatable bonds is 7. The summed E-state index contributed by atoms with van der Waals surface area (Å²) in [4.78, 5) is 15.1. The van der Waals surface area contributed by atoms with Crippen LogP contribution >= 0.6 is 11.3 Å². The Morgan fingerprint density at radius 2 is 2.05 bits per heavy atom. The zero-order valence-corrected chi connectivity index (χ0v) is 12.9. The highest BCUT2D eigenvalue weighted by Gasteiger charge is 2.11. The molecule has 1 aromatic heterocycles. The highest BCUT2D eigenvalue weighted by Crippen LogP contribution is 2.15. The lowest BCUT2D eigenvalue weighted by atomic mass is 10.2. The second-order valence-electron chi connectivity index (χ2n) is 4.78. The molecule has 2 aromatic rings. The van der Waals surface area contributed by atoms with Crippen molar-refractivity contribution in [3.8, 4) is 0 Å². The standard InChI is InChI=1S/C16H20N2O2S/c1-13-7-10-21-15(13)11-17-16(20)12-18(8-9-19)14-5-3-2-4-6-14/h2-7,10,19H,8-9,11-12H2,1H3,(H,17,20). The minimum atomic E-state index is -0.0416. The minimum Gasteiger partial charge on any atom is -0.395 e. The maximum Gasteiger partial charge on any atom is 0.239 e. The largest absolute Gasteiger partial charge is 0.395 e. The average molecular weight is 304 g/mol. The average Bonchev–Trinajstić information content (AvgIpc) is 2.91. The Morgan fingerprint density at radius 1 is 1.29 bits per heavy atom. The van der Waals surface area contributed by atoms with E-state index in [1.54, 1.807) is 11.3 Å². The molecule has 0 saturated heterocycles. The third kappa shape index (κ3) is 4.58. The number of para-hydroxylation sites is 1. The monoisotopic (exact) mass is 304 g/mol. The van der Waals surface area contributed by atoms with Gasteiger partial charge >= 0.3 is 0 Å². The van der Waals surface area contributed by atoms with Crippen molar-refractivity contribution in [3.05, 3.63) is 52.2 Å². The molecule has 2 N–H and O–H groups in total. The van der Waals surface area contributed by atoms with E-state index in [0.29, 0.717) is 13.1 Å². The molecule has 1 heterocycles. The number of anilines is 1.